The Bertz CT molecular complexity index is 417. The number of ether oxygens (including phenoxy) is 1. The first-order valence-corrected chi connectivity index (χ1v) is 9.81. The van der Waals surface area contributed by atoms with Gasteiger partial charge in [-0.25, -0.2) is 0 Å². The van der Waals surface area contributed by atoms with Crippen LogP contribution in [0.1, 0.15) is 40.5 Å². The van der Waals surface area contributed by atoms with Gasteiger partial charge in [-0.15, -0.1) is 0 Å². The van der Waals surface area contributed by atoms with E-state index in [1.807, 2.05) is 0 Å². The number of amides is 2. The normalized spacial score (nSPS) is 12.3. The highest BCUT2D eigenvalue weighted by atomic mass is 32.2. The number of carbonyl (C=O) groups excluding carboxylic acids is 3. The molecule has 0 saturated heterocycles. The van der Waals surface area contributed by atoms with Gasteiger partial charge in [0.1, 0.15) is 0 Å². The number of nitrogens with one attached hydrogen (secondary N) is 2. The highest BCUT2D eigenvalue weighted by Gasteiger charge is 2.19. The fourth-order valence-electron chi connectivity index (χ4n) is 1.90. The molecule has 0 aliphatic carbocycles. The Balaban J connectivity index is 3.58. The van der Waals surface area contributed by atoms with Gasteiger partial charge in [-0.05, 0) is 5.25 Å². The molecule has 0 heterocycles. The largest absolute Gasteiger partial charge is 0.379 e. The van der Waals surface area contributed by atoms with Gasteiger partial charge in [-0.3, -0.25) is 14.4 Å². The Hall–Kier alpha value is -1.12. The smallest absolute Gasteiger partial charge is 0.222 e. The molecule has 146 valence electrons. The second-order valence-electron chi connectivity index (χ2n) is 6.35. The molecular weight excluding hydrogens is 342 g/mol. The van der Waals surface area contributed by atoms with E-state index in [9.17, 15) is 14.4 Å². The number of thioether (sulfide) groups is 1. The molecule has 7 nitrogen and oxygen atoms in total. The second-order valence-corrected chi connectivity index (χ2v) is 8.03. The molecule has 0 aromatic rings. The van der Waals surface area contributed by atoms with Gasteiger partial charge in [0.05, 0.1) is 19.3 Å². The van der Waals surface area contributed by atoms with Crippen molar-refractivity contribution in [3.05, 3.63) is 0 Å². The highest BCUT2D eigenvalue weighted by molar-refractivity contribution is 7.99. The molecule has 4 N–H and O–H groups in total. The summed E-state index contributed by atoms with van der Waals surface area (Å²) in [5, 5.41) is 6.04. The lowest BCUT2D eigenvalue weighted by molar-refractivity contribution is -0.128. The summed E-state index contributed by atoms with van der Waals surface area (Å²) in [6.07, 6.45) is 0.280. The van der Waals surface area contributed by atoms with Crippen molar-refractivity contribution >= 4 is 29.4 Å². The van der Waals surface area contributed by atoms with Crippen LogP contribution in [0.4, 0.5) is 0 Å². The van der Waals surface area contributed by atoms with Gasteiger partial charge in [0.15, 0.2) is 5.78 Å². The summed E-state index contributed by atoms with van der Waals surface area (Å²) in [6, 6.07) is -0.765. The fraction of sp³-hybridized carbons (Fsp3) is 0.824. The lowest BCUT2D eigenvalue weighted by Crippen LogP contribution is -2.39. The van der Waals surface area contributed by atoms with Crippen molar-refractivity contribution in [2.45, 2.75) is 51.8 Å². The van der Waals surface area contributed by atoms with E-state index in [2.05, 4.69) is 24.5 Å². The minimum atomic E-state index is -0.765. The maximum Gasteiger partial charge on any atom is 0.222 e. The number of nitrogens with two attached hydrogens (primary N) is 1. The molecule has 0 aliphatic rings. The molecule has 0 bridgehead atoms. The molecule has 2 amide bonds. The zero-order valence-corrected chi connectivity index (χ0v) is 16.6. The SMILES string of the molecule is CC(C)SCCNC(=O)CCOCCNC(=O)C[C@@H](N)C(=O)C(C)C. The standard InChI is InChI=1S/C17H33N3O4S/c1-12(2)17(23)14(18)11-16(22)19-6-9-24-8-5-15(21)20-7-10-25-13(3)4/h12-14H,5-11,18H2,1-4H3,(H,19,22)(H,20,21)/t14-/m1/s1. The topological polar surface area (TPSA) is 111 Å². The highest BCUT2D eigenvalue weighted by Crippen LogP contribution is 2.06. The average molecular weight is 376 g/mol. The Morgan fingerprint density at radius 3 is 2.24 bits per heavy atom. The predicted molar refractivity (Wildman–Crippen MR) is 101 cm³/mol. The van der Waals surface area contributed by atoms with Crippen molar-refractivity contribution in [3.63, 3.8) is 0 Å². The van der Waals surface area contributed by atoms with Crippen LogP contribution in [0.25, 0.3) is 0 Å². The van der Waals surface area contributed by atoms with Crippen LogP contribution in [0.15, 0.2) is 0 Å². The maximum absolute atomic E-state index is 11.7. The Morgan fingerprint density at radius 2 is 1.64 bits per heavy atom. The molecule has 0 aromatic carbocycles. The van der Waals surface area contributed by atoms with Gasteiger partial charge in [-0.1, -0.05) is 27.7 Å². The molecule has 0 saturated carbocycles. The van der Waals surface area contributed by atoms with Crippen molar-refractivity contribution < 1.29 is 19.1 Å². The van der Waals surface area contributed by atoms with Crippen molar-refractivity contribution in [1.29, 1.82) is 0 Å². The predicted octanol–water partition coefficient (Wildman–Crippen LogP) is 0.710. The van der Waals surface area contributed by atoms with Gasteiger partial charge in [-0.2, -0.15) is 11.8 Å². The fourth-order valence-corrected chi connectivity index (χ4v) is 2.59. The van der Waals surface area contributed by atoms with E-state index in [1.54, 1.807) is 25.6 Å². The lowest BCUT2D eigenvalue weighted by Gasteiger charge is -2.13. The van der Waals surface area contributed by atoms with Gasteiger partial charge in [0.25, 0.3) is 0 Å². The zero-order chi connectivity index (χ0) is 19.2. The molecule has 0 aromatic heterocycles. The molecule has 0 spiro atoms. The van der Waals surface area contributed by atoms with E-state index >= 15 is 0 Å². The quantitative estimate of drug-likeness (QED) is 0.386. The number of ketones is 1. The molecule has 1 atom stereocenters. The summed E-state index contributed by atoms with van der Waals surface area (Å²) in [5.41, 5.74) is 5.68. The second kappa shape index (κ2) is 14.1. The molecule has 0 rings (SSSR count). The molecule has 25 heavy (non-hydrogen) atoms. The van der Waals surface area contributed by atoms with Crippen LogP contribution in [-0.2, 0) is 19.1 Å². The first-order chi connectivity index (χ1) is 11.7. The Morgan fingerprint density at radius 1 is 1.00 bits per heavy atom. The van der Waals surface area contributed by atoms with Crippen molar-refractivity contribution in [1.82, 2.24) is 10.6 Å². The van der Waals surface area contributed by atoms with E-state index in [-0.39, 0.29) is 29.9 Å². The third-order valence-electron chi connectivity index (χ3n) is 3.26. The first kappa shape index (κ1) is 23.9. The molecular formula is C17H33N3O4S. The van der Waals surface area contributed by atoms with Crippen LogP contribution in [0, 0.1) is 5.92 Å². The average Bonchev–Trinajstić information content (AvgIpc) is 2.53. The van der Waals surface area contributed by atoms with Gasteiger partial charge in [0, 0.05) is 37.6 Å². The van der Waals surface area contributed by atoms with E-state index in [1.165, 1.54) is 0 Å². The van der Waals surface area contributed by atoms with Crippen molar-refractivity contribution in [3.8, 4) is 0 Å². The van der Waals surface area contributed by atoms with Crippen molar-refractivity contribution in [2.75, 3.05) is 32.1 Å². The molecule has 0 unspecified atom stereocenters. The number of rotatable bonds is 14. The third kappa shape index (κ3) is 13.8. The zero-order valence-electron chi connectivity index (χ0n) is 15.8. The number of hydrogen-bond acceptors (Lipinski definition) is 6. The van der Waals surface area contributed by atoms with Crippen LogP contribution >= 0.6 is 11.8 Å². The summed E-state index contributed by atoms with van der Waals surface area (Å²) in [7, 11) is 0. The summed E-state index contributed by atoms with van der Waals surface area (Å²) >= 11 is 1.80. The minimum absolute atomic E-state index is 0.0200. The monoisotopic (exact) mass is 375 g/mol. The number of hydrogen-bond donors (Lipinski definition) is 3. The van der Waals surface area contributed by atoms with E-state index in [0.29, 0.717) is 38.0 Å². The molecule has 0 radical (unpaired) electrons. The van der Waals surface area contributed by atoms with Crippen LogP contribution in [-0.4, -0.2) is 60.9 Å². The minimum Gasteiger partial charge on any atom is -0.379 e. The molecule has 8 heteroatoms. The van der Waals surface area contributed by atoms with Crippen LogP contribution < -0.4 is 16.4 Å². The maximum atomic E-state index is 11.7. The van der Waals surface area contributed by atoms with Crippen LogP contribution in [0.5, 0.6) is 0 Å². The van der Waals surface area contributed by atoms with Gasteiger partial charge >= 0.3 is 0 Å². The summed E-state index contributed by atoms with van der Waals surface area (Å²) in [5.74, 6) is 0.292. The third-order valence-corrected chi connectivity index (χ3v) is 4.36. The van der Waals surface area contributed by atoms with E-state index in [4.69, 9.17) is 10.5 Å². The Labute approximate surface area is 155 Å². The van der Waals surface area contributed by atoms with E-state index < -0.39 is 6.04 Å². The summed E-state index contributed by atoms with van der Waals surface area (Å²) in [4.78, 5) is 34.8. The summed E-state index contributed by atoms with van der Waals surface area (Å²) < 4.78 is 5.31. The number of carbonyl (C=O) groups is 3. The first-order valence-electron chi connectivity index (χ1n) is 8.76. The summed E-state index contributed by atoms with van der Waals surface area (Å²) in [6.45, 7) is 9.37. The number of Topliss-reactive ketones (excluding diaryl/α,β-unsaturated/α-hetero) is 1. The van der Waals surface area contributed by atoms with Gasteiger partial charge < -0.3 is 21.1 Å². The van der Waals surface area contributed by atoms with E-state index in [0.717, 1.165) is 5.75 Å². The molecule has 0 fully saturated rings. The Kier molecular flexibility index (Phi) is 13.5. The van der Waals surface area contributed by atoms with Crippen LogP contribution in [0.3, 0.4) is 0 Å². The van der Waals surface area contributed by atoms with Crippen LogP contribution in [0.2, 0.25) is 0 Å². The molecule has 0 aliphatic heterocycles. The van der Waals surface area contributed by atoms with Gasteiger partial charge in [0.2, 0.25) is 11.8 Å². The van der Waals surface area contributed by atoms with Crippen molar-refractivity contribution in [2.24, 2.45) is 11.7 Å². The lowest BCUT2D eigenvalue weighted by atomic mass is 10.00.